The maximum Gasteiger partial charge on any atom is 0.416 e. The molecule has 1 aromatic heterocycles. The fourth-order valence-electron chi connectivity index (χ4n) is 4.54. The fraction of sp³-hybridized carbons (Fsp3) is 0.233. The number of hydrogen-bond donors (Lipinski definition) is 1. The minimum absolute atomic E-state index is 0.0101. The monoisotopic (exact) mass is 631 g/mol. The highest BCUT2D eigenvalue weighted by Crippen LogP contribution is 2.30. The molecule has 0 saturated carbocycles. The summed E-state index contributed by atoms with van der Waals surface area (Å²) in [6.45, 7) is 3.12. The van der Waals surface area contributed by atoms with Gasteiger partial charge < -0.3 is 15.1 Å². The Morgan fingerprint density at radius 1 is 0.857 bits per heavy atom. The van der Waals surface area contributed by atoms with Crippen LogP contribution >= 0.6 is 35.0 Å². The topological polar surface area (TPSA) is 61.4 Å². The Hall–Kier alpha value is -3.47. The quantitative estimate of drug-likeness (QED) is 0.125. The van der Waals surface area contributed by atoms with Gasteiger partial charge in [0.05, 0.1) is 16.3 Å². The van der Waals surface area contributed by atoms with E-state index in [1.165, 1.54) is 17.8 Å². The highest BCUT2D eigenvalue weighted by Gasteiger charge is 2.30. The summed E-state index contributed by atoms with van der Waals surface area (Å²) in [5, 5.41) is 4.32. The van der Waals surface area contributed by atoms with Crippen molar-refractivity contribution >= 4 is 52.4 Å². The van der Waals surface area contributed by atoms with Crippen molar-refractivity contribution in [3.63, 3.8) is 0 Å². The van der Waals surface area contributed by atoms with Crippen molar-refractivity contribution in [1.29, 1.82) is 0 Å². The number of benzene rings is 3. The van der Waals surface area contributed by atoms with Crippen LogP contribution in [0.15, 0.2) is 84.0 Å². The van der Waals surface area contributed by atoms with E-state index in [-0.39, 0.29) is 12.5 Å². The van der Waals surface area contributed by atoms with E-state index in [0.717, 1.165) is 60.4 Å². The van der Waals surface area contributed by atoms with Crippen LogP contribution in [-0.4, -0.2) is 42.1 Å². The number of nitrogens with zero attached hydrogens (tertiary/aromatic N) is 4. The molecular formula is C30H26Cl2F3N5OS. The first kappa shape index (κ1) is 30.0. The highest BCUT2D eigenvalue weighted by atomic mass is 35.5. The zero-order valence-corrected chi connectivity index (χ0v) is 24.6. The zero-order valence-electron chi connectivity index (χ0n) is 22.2. The molecule has 0 spiro atoms. The first-order valence-corrected chi connectivity index (χ1v) is 14.8. The Labute approximate surface area is 255 Å². The van der Waals surface area contributed by atoms with Crippen LogP contribution in [0.2, 0.25) is 10.2 Å². The lowest BCUT2D eigenvalue weighted by atomic mass is 10.1. The van der Waals surface area contributed by atoms with E-state index in [9.17, 15) is 18.0 Å². The predicted octanol–water partition coefficient (Wildman–Crippen LogP) is 7.35. The molecule has 0 bridgehead atoms. The number of carbonyl (C=O) groups is 1. The number of halogens is 5. The molecule has 42 heavy (non-hydrogen) atoms. The van der Waals surface area contributed by atoms with E-state index < -0.39 is 11.7 Å². The molecule has 1 saturated heterocycles. The van der Waals surface area contributed by atoms with Gasteiger partial charge in [-0.1, -0.05) is 71.4 Å². The fourth-order valence-corrected chi connectivity index (χ4v) is 5.83. The molecule has 2 heterocycles. The third-order valence-corrected chi connectivity index (χ3v) is 8.18. The molecule has 0 radical (unpaired) electrons. The summed E-state index contributed by atoms with van der Waals surface area (Å²) in [5.41, 5.74) is 2.01. The van der Waals surface area contributed by atoms with E-state index in [1.54, 1.807) is 24.3 Å². The summed E-state index contributed by atoms with van der Waals surface area (Å²) in [7, 11) is 0. The number of rotatable bonds is 8. The molecule has 1 fully saturated rings. The minimum Gasteiger partial charge on any atom is -0.367 e. The number of alkyl halides is 3. The number of aromatic nitrogens is 2. The van der Waals surface area contributed by atoms with Gasteiger partial charge in [0.15, 0.2) is 5.16 Å². The lowest BCUT2D eigenvalue weighted by Crippen LogP contribution is -2.47. The average Bonchev–Trinajstić information content (AvgIpc) is 2.99. The summed E-state index contributed by atoms with van der Waals surface area (Å²) in [5.74, 6) is 0.958. The van der Waals surface area contributed by atoms with E-state index in [0.29, 0.717) is 27.2 Å². The Kier molecular flexibility index (Phi) is 9.45. The van der Waals surface area contributed by atoms with Gasteiger partial charge in [0, 0.05) is 50.1 Å². The molecule has 12 heteroatoms. The number of amides is 1. The van der Waals surface area contributed by atoms with Crippen molar-refractivity contribution in [2.45, 2.75) is 23.6 Å². The van der Waals surface area contributed by atoms with Crippen molar-refractivity contribution in [2.24, 2.45) is 0 Å². The number of thioether (sulfide) groups is 1. The van der Waals surface area contributed by atoms with Crippen LogP contribution in [0, 0.1) is 0 Å². The summed E-state index contributed by atoms with van der Waals surface area (Å²) >= 11 is 14.1. The van der Waals surface area contributed by atoms with Crippen molar-refractivity contribution < 1.29 is 18.0 Å². The van der Waals surface area contributed by atoms with Crippen molar-refractivity contribution in [1.82, 2.24) is 15.3 Å². The predicted molar refractivity (Wildman–Crippen MR) is 162 cm³/mol. The smallest absolute Gasteiger partial charge is 0.367 e. The van der Waals surface area contributed by atoms with Crippen molar-refractivity contribution in [2.75, 3.05) is 36.0 Å². The molecule has 1 amide bonds. The number of anilines is 2. The van der Waals surface area contributed by atoms with E-state index in [1.807, 2.05) is 36.4 Å². The van der Waals surface area contributed by atoms with E-state index in [4.69, 9.17) is 28.2 Å². The number of piperazine rings is 1. The van der Waals surface area contributed by atoms with Gasteiger partial charge in [-0.2, -0.15) is 13.2 Å². The van der Waals surface area contributed by atoms with Crippen LogP contribution in [-0.2, 0) is 18.5 Å². The molecule has 1 aliphatic heterocycles. The Morgan fingerprint density at radius 2 is 1.57 bits per heavy atom. The number of carbonyl (C=O) groups excluding carboxylic acids is 1. The van der Waals surface area contributed by atoms with Crippen LogP contribution in [0.25, 0.3) is 0 Å². The molecule has 1 aliphatic rings. The SMILES string of the molecule is O=C(NCc1cccc(C(F)(F)F)c1)c1ccc(CSc2nc(Cl)cc(N3CCN(c4ccccc4Cl)CC3)n2)cc1. The lowest BCUT2D eigenvalue weighted by Gasteiger charge is -2.37. The second-order valence-corrected chi connectivity index (χ2v) is 11.4. The van der Waals surface area contributed by atoms with Gasteiger partial charge in [0.1, 0.15) is 11.0 Å². The zero-order chi connectivity index (χ0) is 29.7. The highest BCUT2D eigenvalue weighted by molar-refractivity contribution is 7.98. The molecular weight excluding hydrogens is 606 g/mol. The third kappa shape index (κ3) is 7.67. The van der Waals surface area contributed by atoms with Crippen LogP contribution in [0.3, 0.4) is 0 Å². The van der Waals surface area contributed by atoms with Crippen LogP contribution in [0.1, 0.15) is 27.0 Å². The number of hydrogen-bond acceptors (Lipinski definition) is 6. The standard InChI is InChI=1S/C30H26Cl2F3N5OS/c31-24-6-1-2-7-25(24)39-12-14-40(15-13-39)27-17-26(32)37-29(38-27)42-19-20-8-10-22(11-9-20)28(41)36-18-21-4-3-5-23(16-21)30(33,34)35/h1-11,16-17H,12-15,18-19H2,(H,36,41). The minimum atomic E-state index is -4.43. The van der Waals surface area contributed by atoms with Crippen LogP contribution < -0.4 is 15.1 Å². The second kappa shape index (κ2) is 13.2. The maximum absolute atomic E-state index is 12.9. The van der Waals surface area contributed by atoms with Crippen molar-refractivity contribution in [3.05, 3.63) is 111 Å². The van der Waals surface area contributed by atoms with Crippen molar-refractivity contribution in [3.8, 4) is 0 Å². The average molecular weight is 633 g/mol. The van der Waals surface area contributed by atoms with Gasteiger partial charge in [-0.15, -0.1) is 0 Å². The van der Waals surface area contributed by atoms with Gasteiger partial charge in [0.25, 0.3) is 5.91 Å². The van der Waals surface area contributed by atoms with Gasteiger partial charge >= 0.3 is 6.18 Å². The molecule has 3 aromatic carbocycles. The van der Waals surface area contributed by atoms with E-state index >= 15 is 0 Å². The van der Waals surface area contributed by atoms with E-state index in [2.05, 4.69) is 20.1 Å². The first-order valence-electron chi connectivity index (χ1n) is 13.1. The maximum atomic E-state index is 12.9. The molecule has 1 N–H and O–H groups in total. The lowest BCUT2D eigenvalue weighted by molar-refractivity contribution is -0.137. The molecule has 0 unspecified atom stereocenters. The second-order valence-electron chi connectivity index (χ2n) is 9.62. The number of para-hydroxylation sites is 1. The molecule has 0 aliphatic carbocycles. The van der Waals surface area contributed by atoms with Gasteiger partial charge in [0.2, 0.25) is 0 Å². The van der Waals surface area contributed by atoms with Gasteiger partial charge in [-0.25, -0.2) is 9.97 Å². The molecule has 218 valence electrons. The normalized spacial score (nSPS) is 13.7. The van der Waals surface area contributed by atoms with Gasteiger partial charge in [-0.05, 0) is 47.5 Å². The van der Waals surface area contributed by atoms with Crippen LogP contribution in [0.5, 0.6) is 0 Å². The van der Waals surface area contributed by atoms with Crippen LogP contribution in [0.4, 0.5) is 24.7 Å². The molecule has 4 aromatic rings. The largest absolute Gasteiger partial charge is 0.416 e. The summed E-state index contributed by atoms with van der Waals surface area (Å²) in [6, 6.07) is 21.5. The summed E-state index contributed by atoms with van der Waals surface area (Å²) in [4.78, 5) is 26.1. The van der Waals surface area contributed by atoms with Gasteiger partial charge in [-0.3, -0.25) is 4.79 Å². The first-order chi connectivity index (χ1) is 20.2. The molecule has 5 rings (SSSR count). The Bertz CT molecular complexity index is 1550. The summed E-state index contributed by atoms with van der Waals surface area (Å²) in [6.07, 6.45) is -4.43. The number of nitrogens with one attached hydrogen (secondary N) is 1. The third-order valence-electron chi connectivity index (χ3n) is 6.75. The Morgan fingerprint density at radius 3 is 2.29 bits per heavy atom. The Balaban J connectivity index is 1.14. The molecule has 6 nitrogen and oxygen atoms in total. The molecule has 0 atom stereocenters. The summed E-state index contributed by atoms with van der Waals surface area (Å²) < 4.78 is 38.8.